The topological polar surface area (TPSA) is 56.0 Å². The summed E-state index contributed by atoms with van der Waals surface area (Å²) in [5.41, 5.74) is 0.309. The molecule has 47 heavy (non-hydrogen) atoms. The van der Waals surface area contributed by atoms with Gasteiger partial charge in [0.25, 0.3) is 0 Å². The monoisotopic (exact) mass is 661 g/mol. The maximum Gasteiger partial charge on any atom is 0.181 e. The van der Waals surface area contributed by atoms with Crippen molar-refractivity contribution in [2.24, 2.45) is 59.2 Å². The van der Waals surface area contributed by atoms with Gasteiger partial charge in [0.15, 0.2) is 6.29 Å². The zero-order chi connectivity index (χ0) is 33.4. The van der Waals surface area contributed by atoms with Gasteiger partial charge in [0.05, 0.1) is 24.9 Å². The summed E-state index contributed by atoms with van der Waals surface area (Å²) in [5, 5.41) is 0. The van der Waals surface area contributed by atoms with Gasteiger partial charge < -0.3 is 23.7 Å². The van der Waals surface area contributed by atoms with E-state index in [2.05, 4.69) is 48.5 Å². The van der Waals surface area contributed by atoms with Crippen LogP contribution in [0, 0.1) is 59.2 Å². The molecular formula is C42H76O5. The largest absolute Gasteiger partial charge is 0.379 e. The number of hydrogen-bond donors (Lipinski definition) is 0. The van der Waals surface area contributed by atoms with E-state index in [1.165, 1.54) is 86.9 Å². The van der Waals surface area contributed by atoms with Crippen LogP contribution in [0.4, 0.5) is 0 Å². The second-order valence-electron chi connectivity index (χ2n) is 17.3. The molecule has 14 unspecified atom stereocenters. The quantitative estimate of drug-likeness (QED) is 0.154. The molecule has 0 aromatic rings. The van der Waals surface area contributed by atoms with Gasteiger partial charge in [0.2, 0.25) is 0 Å². The molecule has 274 valence electrons. The zero-order valence-electron chi connectivity index (χ0n) is 31.9. The molecule has 0 aromatic carbocycles. The van der Waals surface area contributed by atoms with Crippen molar-refractivity contribution in [2.75, 3.05) is 33.0 Å². The van der Waals surface area contributed by atoms with Crippen LogP contribution >= 0.6 is 0 Å². The molecule has 9 fully saturated rings. The van der Waals surface area contributed by atoms with Gasteiger partial charge >= 0.3 is 0 Å². The third kappa shape index (κ3) is 11.9. The Bertz CT molecular complexity index is 870. The highest BCUT2D eigenvalue weighted by Crippen LogP contribution is 2.68. The summed E-state index contributed by atoms with van der Waals surface area (Å²) in [7, 11) is 0. The van der Waals surface area contributed by atoms with Crippen LogP contribution in [0.15, 0.2) is 0 Å². The fourth-order valence-electron chi connectivity index (χ4n) is 9.68. The Balaban J connectivity index is 0.000000116. The first-order valence-electron chi connectivity index (χ1n) is 20.9. The summed E-state index contributed by atoms with van der Waals surface area (Å²) in [5.74, 6) is 11.3. The van der Waals surface area contributed by atoms with E-state index >= 15 is 0 Å². The molecule has 3 aliphatic heterocycles. The number of rotatable bonds is 12. The SMILES string of the molecule is CCC(C)C1CCC2(C)OC2C1.CCC1CC2CC1C1CC21.CCC1CCC2CC2C1.CCCCOC1CO1.CCCOCC1CO1. The molecule has 9 aliphatic rings. The Morgan fingerprint density at radius 1 is 0.745 bits per heavy atom. The summed E-state index contributed by atoms with van der Waals surface area (Å²) >= 11 is 0. The van der Waals surface area contributed by atoms with E-state index in [9.17, 15) is 0 Å². The lowest BCUT2D eigenvalue weighted by Gasteiger charge is -2.26. The molecule has 0 aromatic heterocycles. The molecule has 0 spiro atoms. The van der Waals surface area contributed by atoms with E-state index in [0.717, 1.165) is 69.5 Å². The van der Waals surface area contributed by atoms with E-state index in [0.29, 0.717) is 17.8 Å². The molecule has 5 heteroatoms. The van der Waals surface area contributed by atoms with Crippen molar-refractivity contribution < 1.29 is 23.7 Å². The van der Waals surface area contributed by atoms with Gasteiger partial charge in [-0.25, -0.2) is 0 Å². The molecule has 3 heterocycles. The van der Waals surface area contributed by atoms with Crippen molar-refractivity contribution in [1.29, 1.82) is 0 Å². The first-order valence-corrected chi connectivity index (χ1v) is 20.9. The van der Waals surface area contributed by atoms with Crippen LogP contribution in [0.2, 0.25) is 0 Å². The third-order valence-corrected chi connectivity index (χ3v) is 13.8. The highest BCUT2D eigenvalue weighted by molar-refractivity contribution is 5.09. The highest BCUT2D eigenvalue weighted by atomic mass is 16.8. The summed E-state index contributed by atoms with van der Waals surface area (Å²) in [6.45, 7) is 20.2. The van der Waals surface area contributed by atoms with E-state index in [4.69, 9.17) is 23.7 Å². The second-order valence-corrected chi connectivity index (χ2v) is 17.3. The van der Waals surface area contributed by atoms with E-state index < -0.39 is 0 Å². The minimum atomic E-state index is 0.154. The second kappa shape index (κ2) is 18.3. The molecule has 0 radical (unpaired) electrons. The average Bonchev–Trinajstić information content (AvgIpc) is 3.87. The van der Waals surface area contributed by atoms with Crippen molar-refractivity contribution >= 4 is 0 Å². The van der Waals surface area contributed by atoms with Crippen LogP contribution in [0.5, 0.6) is 0 Å². The number of epoxide rings is 3. The predicted octanol–water partition coefficient (Wildman–Crippen LogP) is 10.5. The molecule has 14 atom stereocenters. The van der Waals surface area contributed by atoms with E-state index in [1.807, 2.05) is 0 Å². The van der Waals surface area contributed by atoms with Gasteiger partial charge in [-0.05, 0) is 137 Å². The third-order valence-electron chi connectivity index (χ3n) is 13.8. The van der Waals surface area contributed by atoms with Crippen LogP contribution in [-0.4, -0.2) is 57.1 Å². The van der Waals surface area contributed by atoms with Gasteiger partial charge in [0, 0.05) is 13.2 Å². The van der Waals surface area contributed by atoms with Crippen LogP contribution in [-0.2, 0) is 23.7 Å². The fraction of sp³-hybridized carbons (Fsp3) is 1.00. The summed E-state index contributed by atoms with van der Waals surface area (Å²) < 4.78 is 25.8. The summed E-state index contributed by atoms with van der Waals surface area (Å²) in [6.07, 6.45) is 24.0. The predicted molar refractivity (Wildman–Crippen MR) is 192 cm³/mol. The molecule has 2 bridgehead atoms. The van der Waals surface area contributed by atoms with Crippen molar-refractivity contribution in [3.8, 4) is 0 Å². The lowest BCUT2D eigenvalue weighted by Crippen LogP contribution is -2.24. The fourth-order valence-corrected chi connectivity index (χ4v) is 9.68. The van der Waals surface area contributed by atoms with Gasteiger partial charge in [-0.15, -0.1) is 0 Å². The lowest BCUT2D eigenvalue weighted by molar-refractivity contribution is 0.0486. The normalized spacial score (nSPS) is 43.7. The van der Waals surface area contributed by atoms with E-state index in [1.54, 1.807) is 38.5 Å². The zero-order valence-corrected chi connectivity index (χ0v) is 31.9. The molecule has 0 N–H and O–H groups in total. The van der Waals surface area contributed by atoms with Crippen LogP contribution in [0.1, 0.15) is 151 Å². The van der Waals surface area contributed by atoms with E-state index in [-0.39, 0.29) is 6.29 Å². The first kappa shape index (κ1) is 38.0. The van der Waals surface area contributed by atoms with Crippen molar-refractivity contribution in [3.05, 3.63) is 0 Å². The minimum absolute atomic E-state index is 0.154. The minimum Gasteiger partial charge on any atom is -0.379 e. The number of fused-ring (bicyclic) bond motifs is 7. The molecule has 5 nitrogen and oxygen atoms in total. The highest BCUT2D eigenvalue weighted by Gasteiger charge is 2.60. The Hall–Kier alpha value is -0.200. The van der Waals surface area contributed by atoms with Gasteiger partial charge in [-0.3, -0.25) is 0 Å². The van der Waals surface area contributed by atoms with Gasteiger partial charge in [-0.1, -0.05) is 73.6 Å². The molecular weight excluding hydrogens is 584 g/mol. The standard InChI is InChI=1S/C11H20O.C10H16.C9H16.2C6H12O2/c1-4-8(2)9-5-6-11(3)10(7-9)12-11;1-2-6-3-7-4-8(6)10-5-9(7)10;1-2-7-3-4-8-6-9(8)5-7;1-2-3-7-4-6-5-8-6;1-2-3-4-7-6-5-8-6/h8-10H,4-7H2,1-3H3;6-10H,2-5H2,1H3;7-9H,2-6H2,1H3;2*6H,2-5H2,1H3. The van der Waals surface area contributed by atoms with Crippen molar-refractivity contribution in [1.82, 2.24) is 0 Å². The van der Waals surface area contributed by atoms with Crippen LogP contribution in [0.3, 0.4) is 0 Å². The molecule has 6 saturated carbocycles. The maximum absolute atomic E-state index is 5.69. The Morgan fingerprint density at radius 3 is 2.13 bits per heavy atom. The molecule has 3 saturated heterocycles. The Morgan fingerprint density at radius 2 is 1.55 bits per heavy atom. The number of unbranched alkanes of at least 4 members (excludes halogenated alkanes) is 1. The van der Waals surface area contributed by atoms with Crippen LogP contribution in [0.25, 0.3) is 0 Å². The summed E-state index contributed by atoms with van der Waals surface area (Å²) in [6, 6.07) is 0. The molecule has 0 amide bonds. The van der Waals surface area contributed by atoms with Gasteiger partial charge in [0.1, 0.15) is 12.7 Å². The Labute approximate surface area is 290 Å². The van der Waals surface area contributed by atoms with Crippen molar-refractivity contribution in [3.63, 3.8) is 0 Å². The Kier molecular flexibility index (Phi) is 14.8. The molecule has 9 rings (SSSR count). The maximum atomic E-state index is 5.69. The smallest absolute Gasteiger partial charge is 0.181 e. The number of hydrogen-bond acceptors (Lipinski definition) is 5. The van der Waals surface area contributed by atoms with Gasteiger partial charge in [-0.2, -0.15) is 0 Å². The number of ether oxygens (including phenoxy) is 5. The van der Waals surface area contributed by atoms with Crippen LogP contribution < -0.4 is 0 Å². The van der Waals surface area contributed by atoms with Crippen molar-refractivity contribution in [2.45, 2.75) is 175 Å². The first-order chi connectivity index (χ1) is 22.8. The summed E-state index contributed by atoms with van der Waals surface area (Å²) in [4.78, 5) is 0. The average molecular weight is 661 g/mol. The molecule has 6 aliphatic carbocycles. The lowest BCUT2D eigenvalue weighted by atomic mass is 9.76.